The summed E-state index contributed by atoms with van der Waals surface area (Å²) in [6.07, 6.45) is -9.71. The van der Waals surface area contributed by atoms with E-state index in [1.54, 1.807) is 0 Å². The van der Waals surface area contributed by atoms with Gasteiger partial charge in [-0.1, -0.05) is 18.2 Å². The summed E-state index contributed by atoms with van der Waals surface area (Å²) < 4.78 is 80.9. The third-order valence-corrected chi connectivity index (χ3v) is 3.56. The number of anilines is 1. The van der Waals surface area contributed by atoms with Gasteiger partial charge in [-0.2, -0.15) is 13.2 Å². The number of carbonyl (C=O) groups excluding carboxylic acids is 1. The van der Waals surface area contributed by atoms with Crippen molar-refractivity contribution >= 4 is 22.6 Å². The highest BCUT2D eigenvalue weighted by Gasteiger charge is 2.38. The first kappa shape index (κ1) is 19.5. The maximum Gasteiger partial charge on any atom is 0.573 e. The second-order valence-corrected chi connectivity index (χ2v) is 5.63. The van der Waals surface area contributed by atoms with Crippen LogP contribution in [0.25, 0.3) is 11.0 Å². The van der Waals surface area contributed by atoms with Crippen molar-refractivity contribution in [3.63, 3.8) is 0 Å². The Hall–Kier alpha value is -3.24. The number of imidazole rings is 1. The Morgan fingerprint density at radius 1 is 1.04 bits per heavy atom. The van der Waals surface area contributed by atoms with Crippen molar-refractivity contribution in [2.45, 2.75) is 19.1 Å². The fourth-order valence-electron chi connectivity index (χ4n) is 2.57. The summed E-state index contributed by atoms with van der Waals surface area (Å²) in [6, 6.07) is 10.2. The fraction of sp³-hybridized carbons (Fsp3) is 0.176. The summed E-state index contributed by atoms with van der Waals surface area (Å²) in [5.74, 6) is -2.70. The molecule has 1 aromatic heterocycles. The standard InChI is InChI=1S/C17H11F6N3O2/c18-16(19,20)15-25-12-6-1-2-7-13(12)26(15)9-14(27)24-10-4-3-5-11(8-10)28-17(21,22)23/h1-8H,9H2,(H,24,27). The van der Waals surface area contributed by atoms with E-state index in [4.69, 9.17) is 0 Å². The van der Waals surface area contributed by atoms with E-state index in [0.717, 1.165) is 12.1 Å². The minimum absolute atomic E-state index is 0.0585. The summed E-state index contributed by atoms with van der Waals surface area (Å²) in [7, 11) is 0. The largest absolute Gasteiger partial charge is 0.573 e. The van der Waals surface area contributed by atoms with Crippen LogP contribution in [0, 0.1) is 0 Å². The van der Waals surface area contributed by atoms with Crippen LogP contribution >= 0.6 is 0 Å². The Morgan fingerprint density at radius 2 is 1.75 bits per heavy atom. The Kier molecular flexibility index (Phi) is 4.92. The molecule has 1 amide bonds. The highest BCUT2D eigenvalue weighted by atomic mass is 19.4. The molecule has 0 bridgehead atoms. The number of rotatable bonds is 4. The first-order chi connectivity index (χ1) is 13.0. The SMILES string of the molecule is O=C(Cn1c(C(F)(F)F)nc2ccccc21)Nc1cccc(OC(F)(F)F)c1. The van der Waals surface area contributed by atoms with Crippen LogP contribution in [0.2, 0.25) is 0 Å². The second kappa shape index (κ2) is 7.06. The van der Waals surface area contributed by atoms with Crippen molar-refractivity contribution in [3.05, 3.63) is 54.4 Å². The number of ether oxygens (including phenoxy) is 1. The van der Waals surface area contributed by atoms with Gasteiger partial charge in [0.1, 0.15) is 12.3 Å². The molecule has 0 radical (unpaired) electrons. The van der Waals surface area contributed by atoms with Crippen LogP contribution in [0.1, 0.15) is 5.82 Å². The molecule has 0 atom stereocenters. The van der Waals surface area contributed by atoms with E-state index < -0.39 is 36.6 Å². The smallest absolute Gasteiger partial charge is 0.406 e. The number of amides is 1. The predicted molar refractivity (Wildman–Crippen MR) is 86.5 cm³/mol. The quantitative estimate of drug-likeness (QED) is 0.649. The van der Waals surface area contributed by atoms with E-state index in [0.29, 0.717) is 4.57 Å². The lowest BCUT2D eigenvalue weighted by Crippen LogP contribution is -2.23. The molecule has 3 rings (SSSR count). The van der Waals surface area contributed by atoms with Crippen molar-refractivity contribution < 1.29 is 35.9 Å². The molecule has 0 aliphatic heterocycles. The van der Waals surface area contributed by atoms with Gasteiger partial charge in [0.25, 0.3) is 0 Å². The number of benzene rings is 2. The molecule has 0 fully saturated rings. The van der Waals surface area contributed by atoms with Gasteiger partial charge in [0.15, 0.2) is 0 Å². The number of carbonyl (C=O) groups is 1. The van der Waals surface area contributed by atoms with Crippen LogP contribution in [-0.2, 0) is 17.5 Å². The number of nitrogens with zero attached hydrogens (tertiary/aromatic N) is 2. The number of para-hydroxylation sites is 2. The Labute approximate surface area is 153 Å². The molecule has 0 saturated carbocycles. The molecule has 2 aromatic carbocycles. The van der Waals surface area contributed by atoms with Crippen LogP contribution in [-0.4, -0.2) is 21.8 Å². The van der Waals surface area contributed by atoms with Crippen molar-refractivity contribution in [1.82, 2.24) is 9.55 Å². The molecule has 0 aliphatic carbocycles. The molecule has 3 aromatic rings. The molecule has 0 unspecified atom stereocenters. The summed E-state index contributed by atoms with van der Waals surface area (Å²) in [4.78, 5) is 15.7. The van der Waals surface area contributed by atoms with E-state index >= 15 is 0 Å². The lowest BCUT2D eigenvalue weighted by Gasteiger charge is -2.13. The number of nitrogens with one attached hydrogen (secondary N) is 1. The Bertz CT molecular complexity index is 1010. The maximum atomic E-state index is 13.2. The zero-order valence-electron chi connectivity index (χ0n) is 13.8. The average Bonchev–Trinajstić information content (AvgIpc) is 2.92. The molecule has 148 valence electrons. The first-order valence-corrected chi connectivity index (χ1v) is 7.71. The average molecular weight is 403 g/mol. The molecular weight excluding hydrogens is 392 g/mol. The molecule has 0 spiro atoms. The van der Waals surface area contributed by atoms with Gasteiger partial charge in [-0.25, -0.2) is 4.98 Å². The van der Waals surface area contributed by atoms with E-state index in [9.17, 15) is 31.1 Å². The minimum Gasteiger partial charge on any atom is -0.406 e. The predicted octanol–water partition coefficient (Wildman–Crippen LogP) is 4.59. The van der Waals surface area contributed by atoms with Gasteiger partial charge in [-0.3, -0.25) is 4.79 Å². The molecule has 5 nitrogen and oxygen atoms in total. The van der Waals surface area contributed by atoms with Gasteiger partial charge in [-0.05, 0) is 24.3 Å². The summed E-state index contributed by atoms with van der Waals surface area (Å²) in [5, 5.41) is 2.25. The van der Waals surface area contributed by atoms with Crippen LogP contribution in [0.3, 0.4) is 0 Å². The van der Waals surface area contributed by atoms with E-state index in [-0.39, 0.29) is 16.7 Å². The number of hydrogen-bond donors (Lipinski definition) is 1. The number of alkyl halides is 6. The van der Waals surface area contributed by atoms with Crippen molar-refractivity contribution in [3.8, 4) is 5.75 Å². The first-order valence-electron chi connectivity index (χ1n) is 7.71. The molecular formula is C17H11F6N3O2. The zero-order chi connectivity index (χ0) is 20.5. The third kappa shape index (κ3) is 4.53. The minimum atomic E-state index is -4.92. The van der Waals surface area contributed by atoms with Gasteiger partial charge in [0.2, 0.25) is 11.7 Å². The molecule has 1 heterocycles. The lowest BCUT2D eigenvalue weighted by molar-refractivity contribution is -0.274. The molecule has 11 heteroatoms. The zero-order valence-corrected chi connectivity index (χ0v) is 13.8. The normalized spacial score (nSPS) is 12.2. The van der Waals surface area contributed by atoms with Gasteiger partial charge >= 0.3 is 12.5 Å². The highest BCUT2D eigenvalue weighted by Crippen LogP contribution is 2.31. The van der Waals surface area contributed by atoms with Crippen molar-refractivity contribution in [2.75, 3.05) is 5.32 Å². The van der Waals surface area contributed by atoms with E-state index in [1.807, 2.05) is 0 Å². The summed E-state index contributed by atoms with van der Waals surface area (Å²) >= 11 is 0. The molecule has 0 aliphatic rings. The van der Waals surface area contributed by atoms with Gasteiger partial charge in [0, 0.05) is 11.8 Å². The molecule has 0 saturated heterocycles. The summed E-state index contributed by atoms with van der Waals surface area (Å²) in [6.45, 7) is -0.736. The van der Waals surface area contributed by atoms with Crippen LogP contribution in [0.15, 0.2) is 48.5 Å². The Balaban J connectivity index is 1.83. The van der Waals surface area contributed by atoms with E-state index in [2.05, 4.69) is 15.0 Å². The number of aromatic nitrogens is 2. The Morgan fingerprint density at radius 3 is 2.43 bits per heavy atom. The fourth-order valence-corrected chi connectivity index (χ4v) is 2.57. The molecule has 1 N–H and O–H groups in total. The number of halogens is 6. The monoisotopic (exact) mass is 403 g/mol. The van der Waals surface area contributed by atoms with Gasteiger partial charge in [-0.15, -0.1) is 13.2 Å². The van der Waals surface area contributed by atoms with Crippen LogP contribution in [0.4, 0.5) is 32.0 Å². The summed E-state index contributed by atoms with van der Waals surface area (Å²) in [5.41, 5.74) is 0.0899. The number of fused-ring (bicyclic) bond motifs is 1. The van der Waals surface area contributed by atoms with Crippen molar-refractivity contribution in [2.24, 2.45) is 0 Å². The van der Waals surface area contributed by atoms with Gasteiger partial charge in [0.05, 0.1) is 11.0 Å². The van der Waals surface area contributed by atoms with Crippen LogP contribution < -0.4 is 10.1 Å². The lowest BCUT2D eigenvalue weighted by atomic mass is 10.3. The third-order valence-electron chi connectivity index (χ3n) is 3.56. The topological polar surface area (TPSA) is 56.2 Å². The maximum absolute atomic E-state index is 13.2. The highest BCUT2D eigenvalue weighted by molar-refractivity contribution is 5.92. The van der Waals surface area contributed by atoms with Gasteiger partial charge < -0.3 is 14.6 Å². The number of hydrogen-bond acceptors (Lipinski definition) is 3. The van der Waals surface area contributed by atoms with Crippen molar-refractivity contribution in [1.29, 1.82) is 0 Å². The second-order valence-electron chi connectivity index (χ2n) is 5.63. The van der Waals surface area contributed by atoms with Crippen LogP contribution in [0.5, 0.6) is 5.75 Å². The molecule has 28 heavy (non-hydrogen) atoms. The van der Waals surface area contributed by atoms with E-state index in [1.165, 1.54) is 36.4 Å².